The zero-order valence-electron chi connectivity index (χ0n) is 16.6. The third-order valence-electron chi connectivity index (χ3n) is 4.88. The van der Waals surface area contributed by atoms with E-state index < -0.39 is 5.82 Å². The van der Waals surface area contributed by atoms with Crippen LogP contribution in [0.15, 0.2) is 76.5 Å². The van der Waals surface area contributed by atoms with Gasteiger partial charge in [0.05, 0.1) is 10.6 Å². The second-order valence-corrected chi connectivity index (χ2v) is 8.07. The van der Waals surface area contributed by atoms with Gasteiger partial charge in [0, 0.05) is 29.6 Å². The first-order chi connectivity index (χ1) is 14.9. The van der Waals surface area contributed by atoms with Crippen LogP contribution >= 0.6 is 11.8 Å². The number of benzene rings is 3. The van der Waals surface area contributed by atoms with Gasteiger partial charge in [0.2, 0.25) is 0 Å². The fourth-order valence-corrected chi connectivity index (χ4v) is 4.24. The van der Waals surface area contributed by atoms with E-state index in [9.17, 15) is 18.4 Å². The normalized spacial score (nSPS) is 14.5. The van der Waals surface area contributed by atoms with Gasteiger partial charge in [-0.3, -0.25) is 9.59 Å². The molecule has 0 fully saturated rings. The smallest absolute Gasteiger partial charge is 0.264 e. The van der Waals surface area contributed by atoms with Gasteiger partial charge < -0.3 is 10.2 Å². The molecule has 0 saturated heterocycles. The summed E-state index contributed by atoms with van der Waals surface area (Å²) in [6, 6.07) is 17.2. The second-order valence-electron chi connectivity index (χ2n) is 6.99. The zero-order valence-corrected chi connectivity index (χ0v) is 17.4. The first-order valence-electron chi connectivity index (χ1n) is 9.51. The summed E-state index contributed by atoms with van der Waals surface area (Å²) in [5, 5.41) is 2.79. The lowest BCUT2D eigenvalue weighted by atomic mass is 10.1. The summed E-state index contributed by atoms with van der Waals surface area (Å²) in [5.74, 6) is -1.31. The van der Waals surface area contributed by atoms with Crippen molar-refractivity contribution in [1.82, 2.24) is 5.32 Å². The fraction of sp³-hybridized carbons (Fsp3) is 0.0833. The number of hydrogen-bond donors (Lipinski definition) is 1. The van der Waals surface area contributed by atoms with Crippen LogP contribution in [0.2, 0.25) is 0 Å². The van der Waals surface area contributed by atoms with Crippen molar-refractivity contribution in [3.8, 4) is 0 Å². The number of carbonyl (C=O) groups is 2. The van der Waals surface area contributed by atoms with E-state index in [-0.39, 0.29) is 24.2 Å². The van der Waals surface area contributed by atoms with Crippen molar-refractivity contribution in [1.29, 1.82) is 0 Å². The molecular formula is C24H18F2N2O2S. The van der Waals surface area contributed by atoms with Crippen LogP contribution in [0, 0.1) is 11.6 Å². The maximum Gasteiger partial charge on any atom is 0.264 e. The Morgan fingerprint density at radius 2 is 1.81 bits per heavy atom. The molecule has 2 amide bonds. The third-order valence-corrected chi connectivity index (χ3v) is 5.95. The Bertz CT molecular complexity index is 1190. The van der Waals surface area contributed by atoms with E-state index in [0.717, 1.165) is 10.5 Å². The fourth-order valence-electron chi connectivity index (χ4n) is 3.16. The number of carbonyl (C=O) groups excluding carboxylic acids is 2. The maximum absolute atomic E-state index is 14.0. The summed E-state index contributed by atoms with van der Waals surface area (Å²) in [7, 11) is 1.62. The van der Waals surface area contributed by atoms with Crippen LogP contribution in [-0.2, 0) is 11.3 Å². The molecule has 156 valence electrons. The molecule has 4 rings (SSSR count). The molecule has 31 heavy (non-hydrogen) atoms. The van der Waals surface area contributed by atoms with E-state index >= 15 is 0 Å². The summed E-state index contributed by atoms with van der Waals surface area (Å²) in [6.07, 6.45) is 1.53. The minimum Gasteiger partial charge on any atom is -0.348 e. The van der Waals surface area contributed by atoms with Crippen molar-refractivity contribution in [2.24, 2.45) is 0 Å². The van der Waals surface area contributed by atoms with Crippen LogP contribution in [0.1, 0.15) is 21.5 Å². The van der Waals surface area contributed by atoms with Crippen molar-refractivity contribution in [3.05, 3.63) is 100.0 Å². The number of likely N-dealkylation sites (N-methyl/N-ethyl adjacent to an activating group) is 1. The summed E-state index contributed by atoms with van der Waals surface area (Å²) < 4.78 is 27.0. The van der Waals surface area contributed by atoms with Crippen LogP contribution in [0.5, 0.6) is 0 Å². The molecule has 3 aromatic rings. The molecule has 0 spiro atoms. The number of nitrogens with one attached hydrogen (secondary N) is 1. The Kier molecular flexibility index (Phi) is 5.86. The van der Waals surface area contributed by atoms with Gasteiger partial charge in [-0.2, -0.15) is 0 Å². The van der Waals surface area contributed by atoms with Gasteiger partial charge >= 0.3 is 0 Å². The van der Waals surface area contributed by atoms with Crippen LogP contribution < -0.4 is 10.2 Å². The average molecular weight is 436 g/mol. The molecule has 0 aliphatic carbocycles. The molecule has 0 bridgehead atoms. The molecule has 0 radical (unpaired) electrons. The van der Waals surface area contributed by atoms with Gasteiger partial charge in [-0.25, -0.2) is 8.78 Å². The highest BCUT2D eigenvalue weighted by Crippen LogP contribution is 2.42. The first-order valence-corrected chi connectivity index (χ1v) is 10.3. The van der Waals surface area contributed by atoms with E-state index in [1.807, 2.05) is 0 Å². The van der Waals surface area contributed by atoms with E-state index in [4.69, 9.17) is 0 Å². The summed E-state index contributed by atoms with van der Waals surface area (Å²) in [6.45, 7) is 0.259. The van der Waals surface area contributed by atoms with Crippen LogP contribution in [0.25, 0.3) is 6.08 Å². The molecule has 1 aliphatic rings. The molecule has 3 aromatic carbocycles. The topological polar surface area (TPSA) is 49.4 Å². The van der Waals surface area contributed by atoms with E-state index in [2.05, 4.69) is 5.32 Å². The molecule has 1 heterocycles. The Morgan fingerprint density at radius 1 is 1.06 bits per heavy atom. The quantitative estimate of drug-likeness (QED) is 0.586. The molecule has 0 unspecified atom stereocenters. The number of amides is 2. The number of hydrogen-bond acceptors (Lipinski definition) is 3. The number of nitrogens with zero attached hydrogens (tertiary/aromatic N) is 1. The van der Waals surface area contributed by atoms with E-state index in [1.54, 1.807) is 55.6 Å². The predicted octanol–water partition coefficient (Wildman–Crippen LogP) is 5.00. The minimum absolute atomic E-state index is 0.259. The molecule has 1 aliphatic heterocycles. The zero-order chi connectivity index (χ0) is 22.0. The molecule has 1 N–H and O–H groups in total. The molecule has 0 saturated carbocycles. The van der Waals surface area contributed by atoms with Gasteiger partial charge in [-0.15, -0.1) is 0 Å². The van der Waals surface area contributed by atoms with Crippen molar-refractivity contribution < 1.29 is 18.4 Å². The summed E-state index contributed by atoms with van der Waals surface area (Å²) in [5.41, 5.74) is 2.13. The molecule has 0 aromatic heterocycles. The number of halogens is 2. The first kappa shape index (κ1) is 20.8. The SMILES string of the molecule is CN1C(=O)C(=Cc2ccccc2F)Sc2ccc(C(=O)NCc3ccc(F)cc3)cc21. The lowest BCUT2D eigenvalue weighted by Crippen LogP contribution is -2.31. The van der Waals surface area contributed by atoms with Crippen molar-refractivity contribution >= 4 is 35.3 Å². The van der Waals surface area contributed by atoms with Crippen molar-refractivity contribution in [3.63, 3.8) is 0 Å². The molecule has 0 atom stereocenters. The van der Waals surface area contributed by atoms with Gasteiger partial charge in [-0.1, -0.05) is 42.1 Å². The van der Waals surface area contributed by atoms with Crippen LogP contribution in [-0.4, -0.2) is 18.9 Å². The van der Waals surface area contributed by atoms with Gasteiger partial charge in [-0.05, 0) is 48.0 Å². The van der Waals surface area contributed by atoms with Crippen molar-refractivity contribution in [2.75, 3.05) is 11.9 Å². The maximum atomic E-state index is 14.0. The van der Waals surface area contributed by atoms with Gasteiger partial charge in [0.25, 0.3) is 11.8 Å². The molecule has 4 nitrogen and oxygen atoms in total. The Hall–Kier alpha value is -3.45. The van der Waals surface area contributed by atoms with Crippen LogP contribution in [0.3, 0.4) is 0 Å². The lowest BCUT2D eigenvalue weighted by Gasteiger charge is -2.27. The molecule has 7 heteroatoms. The standard InChI is InChI=1S/C24H18F2N2O2S/c1-28-20-12-17(23(29)27-14-15-6-9-18(25)10-7-15)8-11-21(20)31-22(24(28)30)13-16-4-2-3-5-19(16)26/h2-13H,14H2,1H3,(H,27,29). The highest BCUT2D eigenvalue weighted by atomic mass is 32.2. The second kappa shape index (κ2) is 8.73. The van der Waals surface area contributed by atoms with E-state index in [1.165, 1.54) is 40.9 Å². The average Bonchev–Trinajstić information content (AvgIpc) is 2.78. The summed E-state index contributed by atoms with van der Waals surface area (Å²) >= 11 is 1.24. The number of anilines is 1. The Morgan fingerprint density at radius 3 is 2.55 bits per heavy atom. The van der Waals surface area contributed by atoms with Crippen molar-refractivity contribution in [2.45, 2.75) is 11.4 Å². The third kappa shape index (κ3) is 4.51. The highest BCUT2D eigenvalue weighted by molar-refractivity contribution is 8.04. The Labute approximate surface area is 182 Å². The van der Waals surface area contributed by atoms with Gasteiger partial charge in [0.15, 0.2) is 0 Å². The number of thioether (sulfide) groups is 1. The number of fused-ring (bicyclic) bond motifs is 1. The predicted molar refractivity (Wildman–Crippen MR) is 118 cm³/mol. The lowest BCUT2D eigenvalue weighted by molar-refractivity contribution is -0.114. The van der Waals surface area contributed by atoms with E-state index in [0.29, 0.717) is 21.7 Å². The monoisotopic (exact) mass is 436 g/mol. The summed E-state index contributed by atoms with van der Waals surface area (Å²) in [4.78, 5) is 28.0. The highest BCUT2D eigenvalue weighted by Gasteiger charge is 2.27. The van der Waals surface area contributed by atoms with Gasteiger partial charge in [0.1, 0.15) is 11.6 Å². The minimum atomic E-state index is -0.398. The number of rotatable bonds is 4. The molecular weight excluding hydrogens is 418 g/mol. The van der Waals surface area contributed by atoms with Crippen LogP contribution in [0.4, 0.5) is 14.5 Å². The Balaban J connectivity index is 1.54. The largest absolute Gasteiger partial charge is 0.348 e.